The third-order valence-corrected chi connectivity index (χ3v) is 3.92. The van der Waals surface area contributed by atoms with Crippen molar-refractivity contribution < 1.29 is 13.2 Å². The van der Waals surface area contributed by atoms with Crippen LogP contribution in [0.25, 0.3) is 10.4 Å². The summed E-state index contributed by atoms with van der Waals surface area (Å²) in [6, 6.07) is 5.44. The largest absolute Gasteiger partial charge is 0.416 e. The molecule has 2 aromatic rings. The van der Waals surface area contributed by atoms with Gasteiger partial charge in [0.25, 0.3) is 0 Å². The molecule has 20 heavy (non-hydrogen) atoms. The zero-order valence-corrected chi connectivity index (χ0v) is 12.6. The van der Waals surface area contributed by atoms with E-state index in [1.807, 2.05) is 27.7 Å². The molecule has 0 aliphatic carbocycles. The number of aryl methyl sites for hydroxylation is 1. The average molecular weight is 299 g/mol. The fourth-order valence-electron chi connectivity index (χ4n) is 1.97. The van der Waals surface area contributed by atoms with E-state index in [9.17, 15) is 13.2 Å². The van der Waals surface area contributed by atoms with Crippen molar-refractivity contribution in [1.29, 1.82) is 0 Å². The van der Waals surface area contributed by atoms with Gasteiger partial charge in [-0.05, 0) is 24.6 Å². The Labute approximate surface area is 120 Å². The molecule has 1 nitrogen and oxygen atoms in total. The third-order valence-electron chi connectivity index (χ3n) is 2.90. The molecule has 0 fully saturated rings. The minimum Gasteiger partial charge on any atom is -0.245 e. The van der Waals surface area contributed by atoms with Crippen molar-refractivity contribution in [2.24, 2.45) is 0 Å². The van der Waals surface area contributed by atoms with Crippen LogP contribution in [0.4, 0.5) is 13.2 Å². The summed E-state index contributed by atoms with van der Waals surface area (Å²) in [5.74, 6) is 0. The Kier molecular flexibility index (Phi) is 3.67. The maximum atomic E-state index is 12.8. The fraction of sp³-hybridized carbons (Fsp3) is 0.400. The monoisotopic (exact) mass is 299 g/mol. The summed E-state index contributed by atoms with van der Waals surface area (Å²) in [7, 11) is 0. The highest BCUT2D eigenvalue weighted by molar-refractivity contribution is 7.15. The number of nitrogens with zero attached hydrogens (tertiary/aromatic N) is 1. The van der Waals surface area contributed by atoms with Crippen molar-refractivity contribution in [1.82, 2.24) is 4.98 Å². The highest BCUT2D eigenvalue weighted by Crippen LogP contribution is 2.39. The number of alkyl halides is 3. The van der Waals surface area contributed by atoms with Gasteiger partial charge in [-0.2, -0.15) is 13.2 Å². The Balaban J connectivity index is 2.58. The van der Waals surface area contributed by atoms with Crippen molar-refractivity contribution in [3.8, 4) is 10.4 Å². The topological polar surface area (TPSA) is 12.9 Å². The van der Waals surface area contributed by atoms with Gasteiger partial charge in [0.05, 0.1) is 21.1 Å². The molecule has 0 N–H and O–H groups in total. The second-order valence-corrected chi connectivity index (χ2v) is 6.94. The number of benzene rings is 1. The molecule has 1 heterocycles. The quantitative estimate of drug-likeness (QED) is 0.683. The minimum atomic E-state index is -4.32. The maximum Gasteiger partial charge on any atom is 0.416 e. The van der Waals surface area contributed by atoms with Crippen molar-refractivity contribution in [3.63, 3.8) is 0 Å². The van der Waals surface area contributed by atoms with Crippen LogP contribution in [0.2, 0.25) is 0 Å². The molecule has 0 amide bonds. The van der Waals surface area contributed by atoms with Crippen LogP contribution in [0.15, 0.2) is 24.3 Å². The van der Waals surface area contributed by atoms with Gasteiger partial charge in [-0.3, -0.25) is 0 Å². The van der Waals surface area contributed by atoms with Gasteiger partial charge >= 0.3 is 6.18 Å². The Morgan fingerprint density at radius 2 is 1.75 bits per heavy atom. The SMILES string of the molecule is Cc1nc(C(C)(C)C)c(-c2cccc(C(F)(F)F)c2)s1. The van der Waals surface area contributed by atoms with Crippen molar-refractivity contribution in [2.45, 2.75) is 39.3 Å². The van der Waals surface area contributed by atoms with Crippen LogP contribution in [-0.4, -0.2) is 4.98 Å². The van der Waals surface area contributed by atoms with Gasteiger partial charge in [0.1, 0.15) is 0 Å². The normalized spacial score (nSPS) is 12.8. The first-order valence-electron chi connectivity index (χ1n) is 6.24. The second kappa shape index (κ2) is 4.88. The van der Waals surface area contributed by atoms with Gasteiger partial charge in [-0.25, -0.2) is 4.98 Å². The van der Waals surface area contributed by atoms with Crippen LogP contribution in [0, 0.1) is 6.92 Å². The third kappa shape index (κ3) is 3.03. The molecule has 1 aromatic carbocycles. The first-order valence-corrected chi connectivity index (χ1v) is 7.06. The second-order valence-electron chi connectivity index (χ2n) is 5.74. The van der Waals surface area contributed by atoms with E-state index in [2.05, 4.69) is 4.98 Å². The molecule has 0 saturated carbocycles. The molecule has 5 heteroatoms. The molecule has 0 unspecified atom stereocenters. The molecule has 2 rings (SSSR count). The summed E-state index contributed by atoms with van der Waals surface area (Å²) in [5.41, 5.74) is 0.601. The predicted molar refractivity (Wildman–Crippen MR) is 76.0 cm³/mol. The van der Waals surface area contributed by atoms with Crippen molar-refractivity contribution in [3.05, 3.63) is 40.5 Å². The van der Waals surface area contributed by atoms with Gasteiger partial charge in [0.2, 0.25) is 0 Å². The van der Waals surface area contributed by atoms with E-state index in [1.165, 1.54) is 23.5 Å². The van der Waals surface area contributed by atoms with Crippen LogP contribution >= 0.6 is 11.3 Å². The van der Waals surface area contributed by atoms with E-state index >= 15 is 0 Å². The fourth-order valence-corrected chi connectivity index (χ4v) is 3.09. The Hall–Kier alpha value is -1.36. The van der Waals surface area contributed by atoms with E-state index in [0.717, 1.165) is 21.6 Å². The summed E-state index contributed by atoms with van der Waals surface area (Å²) in [4.78, 5) is 5.31. The van der Waals surface area contributed by atoms with Crippen LogP contribution in [0.3, 0.4) is 0 Å². The zero-order chi connectivity index (χ0) is 15.1. The average Bonchev–Trinajstić information content (AvgIpc) is 2.70. The Bertz CT molecular complexity index is 621. The lowest BCUT2D eigenvalue weighted by molar-refractivity contribution is -0.137. The molecule has 0 aliphatic rings. The first kappa shape index (κ1) is 15.0. The van der Waals surface area contributed by atoms with E-state index in [-0.39, 0.29) is 5.41 Å². The number of thiazole rings is 1. The highest BCUT2D eigenvalue weighted by Gasteiger charge is 2.31. The molecule has 0 spiro atoms. The smallest absolute Gasteiger partial charge is 0.245 e. The van der Waals surface area contributed by atoms with Crippen LogP contribution in [0.5, 0.6) is 0 Å². The lowest BCUT2D eigenvalue weighted by Gasteiger charge is -2.18. The van der Waals surface area contributed by atoms with Crippen LogP contribution in [-0.2, 0) is 11.6 Å². The molecule has 108 valence electrons. The van der Waals surface area contributed by atoms with Gasteiger partial charge in [-0.15, -0.1) is 11.3 Å². The van der Waals surface area contributed by atoms with E-state index in [0.29, 0.717) is 5.56 Å². The van der Waals surface area contributed by atoms with Gasteiger partial charge in [-0.1, -0.05) is 32.9 Å². The van der Waals surface area contributed by atoms with E-state index in [4.69, 9.17) is 0 Å². The number of aromatic nitrogens is 1. The predicted octanol–water partition coefficient (Wildman–Crippen LogP) is 5.43. The molecular formula is C15H16F3NS. The summed E-state index contributed by atoms with van der Waals surface area (Å²) >= 11 is 1.44. The summed E-state index contributed by atoms with van der Waals surface area (Å²) in [5, 5.41) is 0.863. The summed E-state index contributed by atoms with van der Waals surface area (Å²) < 4.78 is 38.4. The minimum absolute atomic E-state index is 0.200. The first-order chi connectivity index (χ1) is 9.09. The summed E-state index contributed by atoms with van der Waals surface area (Å²) in [6.45, 7) is 7.91. The van der Waals surface area contributed by atoms with E-state index in [1.54, 1.807) is 6.07 Å². The molecule has 0 saturated heterocycles. The lowest BCUT2D eigenvalue weighted by Crippen LogP contribution is -2.13. The molecule has 0 aliphatic heterocycles. The standard InChI is InChI=1S/C15H16F3NS/c1-9-19-13(14(2,3)4)12(20-9)10-6-5-7-11(8-10)15(16,17)18/h5-8H,1-4H3. The van der Waals surface area contributed by atoms with Crippen LogP contribution in [0.1, 0.15) is 37.0 Å². The maximum absolute atomic E-state index is 12.8. The molecule has 0 bridgehead atoms. The number of hydrogen-bond donors (Lipinski definition) is 0. The molecule has 1 aromatic heterocycles. The van der Waals surface area contributed by atoms with Gasteiger partial charge in [0.15, 0.2) is 0 Å². The Morgan fingerprint density at radius 1 is 1.10 bits per heavy atom. The Morgan fingerprint density at radius 3 is 2.30 bits per heavy atom. The van der Waals surface area contributed by atoms with Crippen molar-refractivity contribution in [2.75, 3.05) is 0 Å². The lowest BCUT2D eigenvalue weighted by atomic mass is 9.89. The number of halogens is 3. The number of hydrogen-bond acceptors (Lipinski definition) is 2. The molecule has 0 radical (unpaired) electrons. The molecular weight excluding hydrogens is 283 g/mol. The van der Waals surface area contributed by atoms with E-state index < -0.39 is 11.7 Å². The van der Waals surface area contributed by atoms with Gasteiger partial charge < -0.3 is 0 Å². The molecule has 0 atom stereocenters. The number of rotatable bonds is 1. The van der Waals surface area contributed by atoms with Crippen LogP contribution < -0.4 is 0 Å². The summed E-state index contributed by atoms with van der Waals surface area (Å²) in [6.07, 6.45) is -4.32. The van der Waals surface area contributed by atoms with Gasteiger partial charge in [0, 0.05) is 5.41 Å². The highest BCUT2D eigenvalue weighted by atomic mass is 32.1. The zero-order valence-electron chi connectivity index (χ0n) is 11.8. The van der Waals surface area contributed by atoms with Crippen molar-refractivity contribution >= 4 is 11.3 Å².